The van der Waals surface area contributed by atoms with Gasteiger partial charge in [0.15, 0.2) is 0 Å². The fourth-order valence-corrected chi connectivity index (χ4v) is 3.53. The minimum Gasteiger partial charge on any atom is -0.357 e. The van der Waals surface area contributed by atoms with Gasteiger partial charge in [-0.1, -0.05) is 33.4 Å². The highest BCUT2D eigenvalue weighted by molar-refractivity contribution is 5.84. The fourth-order valence-electron chi connectivity index (χ4n) is 3.53. The van der Waals surface area contributed by atoms with Crippen LogP contribution in [0.1, 0.15) is 32.8 Å². The highest BCUT2D eigenvalue weighted by atomic mass is 14.9. The molecule has 2 heteroatoms. The van der Waals surface area contributed by atoms with E-state index >= 15 is 0 Å². The van der Waals surface area contributed by atoms with Crippen molar-refractivity contribution < 1.29 is 0 Å². The third-order valence-corrected chi connectivity index (χ3v) is 4.34. The minimum atomic E-state index is 0.0308. The van der Waals surface area contributed by atoms with Crippen LogP contribution < -0.4 is 0 Å². The predicted molar refractivity (Wildman–Crippen MR) is 82.8 cm³/mol. The van der Waals surface area contributed by atoms with Crippen LogP contribution in [-0.2, 0) is 12.5 Å². The molecule has 0 spiro atoms. The smallest absolute Gasteiger partial charge is 0.0277 e. The van der Waals surface area contributed by atoms with Crippen molar-refractivity contribution in [2.75, 3.05) is 7.05 Å². The Morgan fingerprint density at radius 3 is 2.47 bits per heavy atom. The highest BCUT2D eigenvalue weighted by Crippen LogP contribution is 2.53. The Hall–Kier alpha value is -1.57. The van der Waals surface area contributed by atoms with Crippen LogP contribution in [0.15, 0.2) is 47.3 Å². The van der Waals surface area contributed by atoms with Gasteiger partial charge in [-0.05, 0) is 34.6 Å². The number of aliphatic imine (C=N–C) groups is 1. The van der Waals surface area contributed by atoms with E-state index in [2.05, 4.69) is 62.4 Å². The second-order valence-electron chi connectivity index (χ2n) is 6.38. The topological polar surface area (TPSA) is 17.3 Å². The lowest BCUT2D eigenvalue weighted by atomic mass is 9.74. The molecule has 1 heterocycles. The molecular weight excluding hydrogens is 232 g/mol. The lowest BCUT2D eigenvalue weighted by Gasteiger charge is -2.28. The normalized spacial score (nSPS) is 26.4. The monoisotopic (exact) mass is 256 g/mol. The maximum atomic E-state index is 4.24. The van der Waals surface area contributed by atoms with Gasteiger partial charge in [-0.2, -0.15) is 0 Å². The first-order valence-electron chi connectivity index (χ1n) is 6.77. The van der Waals surface area contributed by atoms with Crippen molar-refractivity contribution in [1.82, 2.24) is 4.57 Å². The molecule has 2 nitrogen and oxygen atoms in total. The first kappa shape index (κ1) is 13.9. The maximum absolute atomic E-state index is 4.24. The Morgan fingerprint density at radius 2 is 2.00 bits per heavy atom. The van der Waals surface area contributed by atoms with E-state index in [4.69, 9.17) is 0 Å². The van der Waals surface area contributed by atoms with E-state index in [0.717, 1.165) is 6.42 Å². The van der Waals surface area contributed by atoms with Gasteiger partial charge < -0.3 is 4.57 Å². The summed E-state index contributed by atoms with van der Waals surface area (Å²) in [5.74, 6) is 0. The molecule has 1 aromatic rings. The van der Waals surface area contributed by atoms with Crippen molar-refractivity contribution in [1.29, 1.82) is 0 Å². The van der Waals surface area contributed by atoms with Gasteiger partial charge in [-0.25, -0.2) is 0 Å². The third-order valence-electron chi connectivity index (χ3n) is 4.34. The number of allylic oxidation sites excluding steroid dienone is 3. The molecule has 1 aliphatic rings. The Balaban J connectivity index is 2.63. The van der Waals surface area contributed by atoms with Crippen LogP contribution in [0.5, 0.6) is 0 Å². The van der Waals surface area contributed by atoms with E-state index in [9.17, 15) is 0 Å². The zero-order chi connectivity index (χ0) is 14.3. The second-order valence-corrected chi connectivity index (χ2v) is 6.38. The Labute approximate surface area is 116 Å². The third kappa shape index (κ3) is 2.09. The molecule has 0 saturated carbocycles. The summed E-state index contributed by atoms with van der Waals surface area (Å²) in [5, 5.41) is 0. The van der Waals surface area contributed by atoms with Crippen molar-refractivity contribution >= 4 is 6.21 Å². The van der Waals surface area contributed by atoms with Crippen LogP contribution in [0, 0.1) is 5.41 Å². The van der Waals surface area contributed by atoms with Crippen molar-refractivity contribution in [2.45, 2.75) is 32.6 Å². The summed E-state index contributed by atoms with van der Waals surface area (Å²) >= 11 is 0. The average molecular weight is 256 g/mol. The van der Waals surface area contributed by atoms with Gasteiger partial charge in [0.25, 0.3) is 0 Å². The van der Waals surface area contributed by atoms with Gasteiger partial charge in [0.2, 0.25) is 0 Å². The molecule has 0 aromatic carbocycles. The summed E-state index contributed by atoms with van der Waals surface area (Å²) in [6.07, 6.45) is 9.43. The SMILES string of the molecule is C=CC1=C(/C=N\C)C(C)(C)CC1(C)c1ccn(C)c1. The summed E-state index contributed by atoms with van der Waals surface area (Å²) in [5.41, 5.74) is 4.15. The fraction of sp³-hybridized carbons (Fsp3) is 0.471. The van der Waals surface area contributed by atoms with E-state index < -0.39 is 0 Å². The first-order valence-corrected chi connectivity index (χ1v) is 6.77. The minimum absolute atomic E-state index is 0.0308. The molecule has 102 valence electrons. The summed E-state index contributed by atoms with van der Waals surface area (Å²) < 4.78 is 2.11. The van der Waals surface area contributed by atoms with Gasteiger partial charge in [-0.15, -0.1) is 0 Å². The summed E-state index contributed by atoms with van der Waals surface area (Å²) in [6.45, 7) is 10.9. The molecule has 0 amide bonds. The number of aryl methyl sites for hydroxylation is 1. The van der Waals surface area contributed by atoms with E-state index in [-0.39, 0.29) is 10.8 Å². The lowest BCUT2D eigenvalue weighted by Crippen LogP contribution is -2.23. The van der Waals surface area contributed by atoms with Gasteiger partial charge in [-0.3, -0.25) is 4.99 Å². The number of nitrogens with zero attached hydrogens (tertiary/aromatic N) is 2. The van der Waals surface area contributed by atoms with Crippen molar-refractivity contribution in [3.63, 3.8) is 0 Å². The highest BCUT2D eigenvalue weighted by Gasteiger charge is 2.46. The Morgan fingerprint density at radius 1 is 1.32 bits per heavy atom. The number of rotatable bonds is 3. The van der Waals surface area contributed by atoms with Crippen LogP contribution in [0.3, 0.4) is 0 Å². The number of hydrogen-bond acceptors (Lipinski definition) is 1. The van der Waals surface area contributed by atoms with Crippen molar-refractivity contribution in [3.8, 4) is 0 Å². The van der Waals surface area contributed by atoms with Crippen LogP contribution >= 0.6 is 0 Å². The summed E-state index contributed by atoms with van der Waals surface area (Å²) in [6, 6.07) is 2.21. The molecule has 0 bridgehead atoms. The quantitative estimate of drug-likeness (QED) is 0.730. The maximum Gasteiger partial charge on any atom is 0.0277 e. The van der Waals surface area contributed by atoms with Gasteiger partial charge in [0.1, 0.15) is 0 Å². The van der Waals surface area contributed by atoms with Gasteiger partial charge in [0.05, 0.1) is 0 Å². The van der Waals surface area contributed by atoms with E-state index in [1.807, 2.05) is 19.3 Å². The summed E-state index contributed by atoms with van der Waals surface area (Å²) in [4.78, 5) is 4.24. The van der Waals surface area contributed by atoms with Crippen LogP contribution in [0.2, 0.25) is 0 Å². The average Bonchev–Trinajstić information content (AvgIpc) is 2.82. The molecule has 2 rings (SSSR count). The predicted octanol–water partition coefficient (Wildman–Crippen LogP) is 3.90. The molecule has 1 aromatic heterocycles. The summed E-state index contributed by atoms with van der Waals surface area (Å²) in [7, 11) is 3.90. The second kappa shape index (κ2) is 4.52. The largest absolute Gasteiger partial charge is 0.357 e. The van der Waals surface area contributed by atoms with Gasteiger partial charge >= 0.3 is 0 Å². The standard InChI is InChI=1S/C17H24N2/c1-7-14-15(10-18-5)16(2,3)12-17(14,4)13-8-9-19(6)11-13/h7-11H,1,12H2,2-6H3/b18-10-. The van der Waals surface area contributed by atoms with Gasteiger partial charge in [0, 0.05) is 38.1 Å². The molecule has 0 saturated heterocycles. The first-order chi connectivity index (χ1) is 8.85. The molecule has 1 unspecified atom stereocenters. The molecule has 0 fully saturated rings. The molecule has 1 aliphatic carbocycles. The van der Waals surface area contributed by atoms with E-state index in [1.54, 1.807) is 0 Å². The van der Waals surface area contributed by atoms with Crippen LogP contribution in [0.25, 0.3) is 0 Å². The van der Waals surface area contributed by atoms with Crippen molar-refractivity contribution in [3.05, 3.63) is 47.8 Å². The molecule has 0 N–H and O–H groups in total. The molecule has 0 aliphatic heterocycles. The lowest BCUT2D eigenvalue weighted by molar-refractivity contribution is 0.376. The molecular formula is C17H24N2. The molecule has 1 atom stereocenters. The zero-order valence-corrected chi connectivity index (χ0v) is 12.7. The number of aromatic nitrogens is 1. The van der Waals surface area contributed by atoms with Crippen LogP contribution in [0.4, 0.5) is 0 Å². The van der Waals surface area contributed by atoms with Crippen LogP contribution in [-0.4, -0.2) is 17.8 Å². The molecule has 0 radical (unpaired) electrons. The van der Waals surface area contributed by atoms with E-state index in [1.165, 1.54) is 16.7 Å². The van der Waals surface area contributed by atoms with E-state index in [0.29, 0.717) is 0 Å². The van der Waals surface area contributed by atoms with Crippen molar-refractivity contribution in [2.24, 2.45) is 17.5 Å². The Bertz CT molecular complexity index is 558. The number of hydrogen-bond donors (Lipinski definition) is 0. The zero-order valence-electron chi connectivity index (χ0n) is 12.7. The Kier molecular flexibility index (Phi) is 3.29. The molecule has 19 heavy (non-hydrogen) atoms.